The van der Waals surface area contributed by atoms with Crippen LogP contribution in [-0.4, -0.2) is 56.6 Å². The van der Waals surface area contributed by atoms with Gasteiger partial charge in [-0.1, -0.05) is 41.4 Å². The van der Waals surface area contributed by atoms with Gasteiger partial charge in [0.1, 0.15) is 11.8 Å². The number of nitrogens with zero attached hydrogens (tertiary/aromatic N) is 2. The molecule has 2 rings (SSSR count). The molecule has 0 fully saturated rings. The number of halogens is 2. The normalized spacial score (nSPS) is 12.5. The minimum absolute atomic E-state index is 0.0234. The van der Waals surface area contributed by atoms with Gasteiger partial charge in [0.25, 0.3) is 0 Å². The maximum Gasteiger partial charge on any atom is 0.242 e. The number of rotatable bonds is 11. The van der Waals surface area contributed by atoms with Crippen molar-refractivity contribution in [3.63, 3.8) is 0 Å². The third kappa shape index (κ3) is 9.09. The smallest absolute Gasteiger partial charge is 0.242 e. The summed E-state index contributed by atoms with van der Waals surface area (Å²) in [6, 6.07) is 11.1. The molecule has 0 aliphatic heterocycles. The van der Waals surface area contributed by atoms with Crippen molar-refractivity contribution in [1.29, 1.82) is 0 Å². The van der Waals surface area contributed by atoms with Crippen LogP contribution in [0.1, 0.15) is 46.1 Å². The zero-order chi connectivity index (χ0) is 28.0. The van der Waals surface area contributed by atoms with Crippen LogP contribution in [0.3, 0.4) is 0 Å². The third-order valence-electron chi connectivity index (χ3n) is 5.51. The van der Waals surface area contributed by atoms with Gasteiger partial charge in [-0.2, -0.15) is 0 Å². The van der Waals surface area contributed by atoms with E-state index in [0.29, 0.717) is 27.0 Å². The summed E-state index contributed by atoms with van der Waals surface area (Å²) < 4.78 is 31.6. The van der Waals surface area contributed by atoms with E-state index in [-0.39, 0.29) is 37.7 Å². The van der Waals surface area contributed by atoms with Crippen molar-refractivity contribution < 1.29 is 22.7 Å². The quantitative estimate of drug-likeness (QED) is 0.414. The van der Waals surface area contributed by atoms with E-state index in [1.165, 1.54) is 16.3 Å². The zero-order valence-electron chi connectivity index (χ0n) is 22.0. The average molecular weight is 573 g/mol. The number of carbonyl (C=O) groups excluding carboxylic acids is 2. The first-order valence-electron chi connectivity index (χ1n) is 11.8. The van der Waals surface area contributed by atoms with Gasteiger partial charge in [0.2, 0.25) is 21.8 Å². The Morgan fingerprint density at radius 2 is 1.73 bits per heavy atom. The zero-order valence-corrected chi connectivity index (χ0v) is 24.4. The maximum atomic E-state index is 13.4. The lowest BCUT2D eigenvalue weighted by atomic mass is 10.1. The molecule has 204 valence electrons. The van der Waals surface area contributed by atoms with Crippen LogP contribution in [0, 0.1) is 0 Å². The summed E-state index contributed by atoms with van der Waals surface area (Å²) in [5.41, 5.74) is 0.629. The summed E-state index contributed by atoms with van der Waals surface area (Å²) in [4.78, 5) is 27.8. The molecule has 0 aliphatic rings. The van der Waals surface area contributed by atoms with Gasteiger partial charge in [-0.25, -0.2) is 8.42 Å². The van der Waals surface area contributed by atoms with E-state index in [0.717, 1.165) is 6.26 Å². The minimum Gasteiger partial charge on any atom is -0.495 e. The first-order valence-corrected chi connectivity index (χ1v) is 14.4. The topological polar surface area (TPSA) is 96.0 Å². The molecule has 0 bridgehead atoms. The summed E-state index contributed by atoms with van der Waals surface area (Å²) in [7, 11) is -2.17. The highest BCUT2D eigenvalue weighted by Gasteiger charge is 2.29. The highest BCUT2D eigenvalue weighted by atomic mass is 35.5. The van der Waals surface area contributed by atoms with Gasteiger partial charge >= 0.3 is 0 Å². The number of anilines is 1. The van der Waals surface area contributed by atoms with E-state index in [1.807, 2.05) is 20.8 Å². The number of ether oxygens (including phenoxy) is 1. The average Bonchev–Trinajstić information content (AvgIpc) is 2.80. The lowest BCUT2D eigenvalue weighted by molar-refractivity contribution is -0.141. The van der Waals surface area contributed by atoms with Gasteiger partial charge in [0, 0.05) is 25.0 Å². The Kier molecular flexibility index (Phi) is 10.7. The van der Waals surface area contributed by atoms with Crippen LogP contribution in [0.5, 0.6) is 5.75 Å². The Morgan fingerprint density at radius 3 is 2.30 bits per heavy atom. The van der Waals surface area contributed by atoms with Crippen molar-refractivity contribution in [2.45, 2.75) is 58.7 Å². The predicted octanol–water partition coefficient (Wildman–Crippen LogP) is 4.88. The predicted molar refractivity (Wildman–Crippen MR) is 149 cm³/mol. The molecule has 37 heavy (non-hydrogen) atoms. The van der Waals surface area contributed by atoms with E-state index in [1.54, 1.807) is 49.4 Å². The van der Waals surface area contributed by atoms with Crippen molar-refractivity contribution in [3.8, 4) is 5.75 Å². The second kappa shape index (κ2) is 12.8. The lowest BCUT2D eigenvalue weighted by Crippen LogP contribution is -2.52. The van der Waals surface area contributed by atoms with Gasteiger partial charge in [-0.05, 0) is 63.9 Å². The summed E-state index contributed by atoms with van der Waals surface area (Å²) in [6.45, 7) is 7.44. The van der Waals surface area contributed by atoms with Gasteiger partial charge in [0.05, 0.1) is 29.1 Å². The molecule has 0 spiro atoms. The molecule has 0 unspecified atom stereocenters. The summed E-state index contributed by atoms with van der Waals surface area (Å²) in [5.74, 6) is -0.184. The maximum absolute atomic E-state index is 13.4. The number of methoxy groups -OCH3 is 1. The van der Waals surface area contributed by atoms with Crippen LogP contribution in [0.25, 0.3) is 0 Å². The fourth-order valence-electron chi connectivity index (χ4n) is 3.71. The molecule has 1 N–H and O–H groups in total. The van der Waals surface area contributed by atoms with Crippen LogP contribution in [0.4, 0.5) is 5.69 Å². The van der Waals surface area contributed by atoms with Crippen molar-refractivity contribution >= 4 is 50.7 Å². The number of para-hydroxylation sites is 2. The SMILES string of the molecule is COc1ccccc1N(CCCC(=O)N(Cc1ccc(Cl)c(Cl)c1)[C@@H](C)C(=O)NC(C)(C)C)S(C)(=O)=O. The van der Waals surface area contributed by atoms with Crippen LogP contribution < -0.4 is 14.4 Å². The molecule has 2 amide bonds. The van der Waals surface area contributed by atoms with Crippen LogP contribution >= 0.6 is 23.2 Å². The first kappa shape index (κ1) is 30.7. The Balaban J connectivity index is 2.24. The van der Waals surface area contributed by atoms with E-state index in [4.69, 9.17) is 27.9 Å². The number of carbonyl (C=O) groups is 2. The largest absolute Gasteiger partial charge is 0.495 e. The van der Waals surface area contributed by atoms with E-state index < -0.39 is 21.6 Å². The number of sulfonamides is 1. The lowest BCUT2D eigenvalue weighted by Gasteiger charge is -2.32. The Hall–Kier alpha value is -2.49. The van der Waals surface area contributed by atoms with Gasteiger partial charge in [-0.15, -0.1) is 0 Å². The molecule has 8 nitrogen and oxygen atoms in total. The molecule has 1 atom stereocenters. The number of amides is 2. The molecule has 2 aromatic carbocycles. The molecule has 0 aliphatic carbocycles. The van der Waals surface area contributed by atoms with Crippen LogP contribution in [0.15, 0.2) is 42.5 Å². The fraction of sp³-hybridized carbons (Fsp3) is 0.462. The van der Waals surface area contributed by atoms with Crippen molar-refractivity contribution in [3.05, 3.63) is 58.1 Å². The standard InChI is InChI=1S/C26H35Cl2N3O5S/c1-18(25(33)29-26(2,3)4)30(17-19-13-14-20(27)21(28)16-19)24(32)12-9-15-31(37(6,34)35)22-10-7-8-11-23(22)36-5/h7-8,10-11,13-14,16,18H,9,12,15,17H2,1-6H3,(H,29,33)/t18-/m0/s1. The number of hydrogen-bond donors (Lipinski definition) is 1. The van der Waals surface area contributed by atoms with Crippen LogP contribution in [0.2, 0.25) is 10.0 Å². The molecular formula is C26H35Cl2N3O5S. The highest BCUT2D eigenvalue weighted by Crippen LogP contribution is 2.30. The first-order chi connectivity index (χ1) is 17.1. The van der Waals surface area contributed by atoms with E-state index >= 15 is 0 Å². The summed E-state index contributed by atoms with van der Waals surface area (Å²) in [5, 5.41) is 3.64. The summed E-state index contributed by atoms with van der Waals surface area (Å²) in [6.07, 6.45) is 1.36. The number of benzene rings is 2. The summed E-state index contributed by atoms with van der Waals surface area (Å²) >= 11 is 12.2. The molecule has 0 saturated carbocycles. The second-order valence-electron chi connectivity index (χ2n) is 9.80. The monoisotopic (exact) mass is 571 g/mol. The molecule has 0 radical (unpaired) electrons. The van der Waals surface area contributed by atoms with Crippen molar-refractivity contribution in [1.82, 2.24) is 10.2 Å². The number of hydrogen-bond acceptors (Lipinski definition) is 5. The Labute approximate surface area is 229 Å². The molecule has 11 heteroatoms. The Morgan fingerprint density at radius 1 is 1.08 bits per heavy atom. The third-order valence-corrected chi connectivity index (χ3v) is 7.43. The second-order valence-corrected chi connectivity index (χ2v) is 12.5. The minimum atomic E-state index is -3.64. The van der Waals surface area contributed by atoms with Gasteiger partial charge in [-0.3, -0.25) is 13.9 Å². The molecule has 0 aromatic heterocycles. The fourth-order valence-corrected chi connectivity index (χ4v) is 5.00. The number of nitrogens with one attached hydrogen (secondary N) is 1. The molecule has 0 saturated heterocycles. The van der Waals surface area contributed by atoms with E-state index in [2.05, 4.69) is 5.32 Å². The van der Waals surface area contributed by atoms with Gasteiger partial charge in [0.15, 0.2) is 0 Å². The molecule has 0 heterocycles. The Bertz CT molecular complexity index is 1210. The molecular weight excluding hydrogens is 537 g/mol. The van der Waals surface area contributed by atoms with Crippen molar-refractivity contribution in [2.75, 3.05) is 24.2 Å². The van der Waals surface area contributed by atoms with Crippen molar-refractivity contribution in [2.24, 2.45) is 0 Å². The van der Waals surface area contributed by atoms with Gasteiger partial charge < -0.3 is 15.0 Å². The molecule has 2 aromatic rings. The van der Waals surface area contributed by atoms with E-state index in [9.17, 15) is 18.0 Å². The van der Waals surface area contributed by atoms with Crippen LogP contribution in [-0.2, 0) is 26.2 Å². The highest BCUT2D eigenvalue weighted by molar-refractivity contribution is 7.92.